The molecular weight excluding hydrogens is 264 g/mol. The van der Waals surface area contributed by atoms with E-state index in [2.05, 4.69) is 0 Å². The van der Waals surface area contributed by atoms with Crippen molar-refractivity contribution in [2.45, 2.75) is 32.7 Å². The van der Waals surface area contributed by atoms with Crippen LogP contribution in [0.4, 0.5) is 0 Å². The second kappa shape index (κ2) is 7.29. The van der Waals surface area contributed by atoms with Crippen molar-refractivity contribution < 1.29 is 28.2 Å². The molecule has 0 aromatic carbocycles. The first-order valence-electron chi connectivity index (χ1n) is 5.46. The van der Waals surface area contributed by atoms with Crippen LogP contribution in [0.25, 0.3) is 0 Å². The summed E-state index contributed by atoms with van der Waals surface area (Å²) in [6.45, 7) is 3.65. The number of hydrogen-bond donors (Lipinski definition) is 3. The lowest BCUT2D eigenvalue weighted by atomic mass is 10.2. The Labute approximate surface area is 106 Å². The summed E-state index contributed by atoms with van der Waals surface area (Å²) in [4.78, 5) is 21.2. The molecule has 0 bridgehead atoms. The number of carbonyl (C=O) groups is 2. The summed E-state index contributed by atoms with van der Waals surface area (Å²) in [6.07, 6.45) is -0.719. The Morgan fingerprint density at radius 3 is 2.06 bits per heavy atom. The van der Waals surface area contributed by atoms with Gasteiger partial charge >= 0.3 is 11.9 Å². The number of nitrogens with zero attached hydrogens (tertiary/aromatic N) is 1. The topological polar surface area (TPSA) is 124 Å². The molecule has 0 saturated carbocycles. The van der Waals surface area contributed by atoms with E-state index in [1.165, 1.54) is 0 Å². The molecule has 1 atom stereocenters. The molecule has 0 saturated heterocycles. The van der Waals surface area contributed by atoms with E-state index in [9.17, 15) is 18.0 Å². The molecule has 0 amide bonds. The quantitative estimate of drug-likeness (QED) is 0.522. The van der Waals surface area contributed by atoms with Crippen molar-refractivity contribution in [2.24, 2.45) is 0 Å². The van der Waals surface area contributed by atoms with Gasteiger partial charge in [-0.3, -0.25) is 9.59 Å². The first kappa shape index (κ1) is 16.8. The summed E-state index contributed by atoms with van der Waals surface area (Å²) in [6, 6.07) is -1.44. The largest absolute Gasteiger partial charge is 0.481 e. The number of carboxylic acid groups (broad SMARTS) is 2. The van der Waals surface area contributed by atoms with Gasteiger partial charge in [0.1, 0.15) is 6.04 Å². The normalized spacial score (nSPS) is 13.5. The van der Waals surface area contributed by atoms with Crippen LogP contribution >= 0.6 is 0 Å². The Kier molecular flexibility index (Phi) is 6.81. The molecule has 3 N–H and O–H groups in total. The molecule has 0 aliphatic carbocycles. The molecule has 106 valence electrons. The number of rotatable bonds is 9. The van der Waals surface area contributed by atoms with Crippen LogP contribution in [0, 0.1) is 0 Å². The van der Waals surface area contributed by atoms with Crippen molar-refractivity contribution in [1.82, 2.24) is 9.03 Å². The maximum absolute atomic E-state index is 11.8. The zero-order chi connectivity index (χ0) is 14.3. The fraction of sp³-hybridized carbons (Fsp3) is 0.778. The fourth-order valence-electron chi connectivity index (χ4n) is 1.32. The van der Waals surface area contributed by atoms with Gasteiger partial charge in [0, 0.05) is 19.5 Å². The van der Waals surface area contributed by atoms with Crippen molar-refractivity contribution in [3.63, 3.8) is 0 Å². The van der Waals surface area contributed by atoms with Gasteiger partial charge in [-0.05, 0) is 6.42 Å². The summed E-state index contributed by atoms with van der Waals surface area (Å²) in [7, 11) is -3.91. The Morgan fingerprint density at radius 2 is 1.72 bits per heavy atom. The first-order valence-corrected chi connectivity index (χ1v) is 6.90. The first-order chi connectivity index (χ1) is 8.24. The molecule has 0 aromatic heterocycles. The van der Waals surface area contributed by atoms with E-state index in [0.717, 1.165) is 4.31 Å². The van der Waals surface area contributed by atoms with Gasteiger partial charge in [0.05, 0.1) is 0 Å². The van der Waals surface area contributed by atoms with E-state index in [-0.39, 0.29) is 19.5 Å². The summed E-state index contributed by atoms with van der Waals surface area (Å²) in [5.41, 5.74) is 0. The van der Waals surface area contributed by atoms with Crippen LogP contribution in [0.3, 0.4) is 0 Å². The van der Waals surface area contributed by atoms with Crippen LogP contribution in [-0.2, 0) is 19.8 Å². The molecule has 0 heterocycles. The minimum absolute atomic E-state index is 0.205. The Bertz CT molecular complexity index is 390. The van der Waals surface area contributed by atoms with E-state index in [4.69, 9.17) is 10.2 Å². The Morgan fingerprint density at radius 1 is 1.22 bits per heavy atom. The fourth-order valence-corrected chi connectivity index (χ4v) is 2.73. The highest BCUT2D eigenvalue weighted by Crippen LogP contribution is 2.04. The van der Waals surface area contributed by atoms with Crippen LogP contribution < -0.4 is 4.72 Å². The summed E-state index contributed by atoms with van der Waals surface area (Å²) in [5, 5.41) is 17.3. The maximum atomic E-state index is 11.8. The van der Waals surface area contributed by atoms with Crippen LogP contribution in [0.5, 0.6) is 0 Å². The average molecular weight is 282 g/mol. The number of carboxylic acids is 2. The highest BCUT2D eigenvalue weighted by molar-refractivity contribution is 7.87. The van der Waals surface area contributed by atoms with Gasteiger partial charge in [0.2, 0.25) is 0 Å². The third kappa shape index (κ3) is 5.43. The third-order valence-electron chi connectivity index (χ3n) is 2.28. The molecule has 0 rings (SSSR count). The van der Waals surface area contributed by atoms with Gasteiger partial charge in [-0.15, -0.1) is 0 Å². The average Bonchev–Trinajstić information content (AvgIpc) is 2.24. The lowest BCUT2D eigenvalue weighted by Crippen LogP contribution is -2.48. The molecule has 0 aliphatic heterocycles. The minimum atomic E-state index is -3.91. The summed E-state index contributed by atoms with van der Waals surface area (Å²) >= 11 is 0. The number of aliphatic carboxylic acids is 2. The Balaban J connectivity index is 4.77. The van der Waals surface area contributed by atoms with Gasteiger partial charge in [-0.2, -0.15) is 17.4 Å². The monoisotopic (exact) mass is 282 g/mol. The van der Waals surface area contributed by atoms with E-state index >= 15 is 0 Å². The molecule has 0 aromatic rings. The van der Waals surface area contributed by atoms with Gasteiger partial charge in [0.25, 0.3) is 10.2 Å². The smallest absolute Gasteiger partial charge is 0.321 e. The van der Waals surface area contributed by atoms with Crippen molar-refractivity contribution in [3.8, 4) is 0 Å². The van der Waals surface area contributed by atoms with Crippen LogP contribution in [-0.4, -0.2) is 54.0 Å². The van der Waals surface area contributed by atoms with E-state index in [0.29, 0.717) is 0 Å². The number of hydrogen-bond acceptors (Lipinski definition) is 4. The second-order valence-electron chi connectivity index (χ2n) is 3.53. The predicted octanol–water partition coefficient (Wildman–Crippen LogP) is -0.519. The van der Waals surface area contributed by atoms with Gasteiger partial charge in [-0.25, -0.2) is 0 Å². The maximum Gasteiger partial charge on any atom is 0.321 e. The van der Waals surface area contributed by atoms with Crippen molar-refractivity contribution >= 4 is 22.1 Å². The zero-order valence-electron chi connectivity index (χ0n) is 10.3. The lowest BCUT2D eigenvalue weighted by Gasteiger charge is -2.21. The summed E-state index contributed by atoms with van der Waals surface area (Å²) in [5.74, 6) is -2.57. The highest BCUT2D eigenvalue weighted by Gasteiger charge is 2.27. The molecule has 18 heavy (non-hydrogen) atoms. The van der Waals surface area contributed by atoms with Crippen LogP contribution in [0.1, 0.15) is 26.7 Å². The SMILES string of the molecule is CCN(CC)S(=O)(=O)N[C@@H](CCC(=O)O)C(=O)O. The second-order valence-corrected chi connectivity index (χ2v) is 5.23. The van der Waals surface area contributed by atoms with Crippen molar-refractivity contribution in [1.29, 1.82) is 0 Å². The lowest BCUT2D eigenvalue weighted by molar-refractivity contribution is -0.140. The van der Waals surface area contributed by atoms with Crippen LogP contribution in [0.2, 0.25) is 0 Å². The van der Waals surface area contributed by atoms with E-state index in [1.807, 2.05) is 4.72 Å². The summed E-state index contributed by atoms with van der Waals surface area (Å²) < 4.78 is 26.6. The molecule has 0 aliphatic rings. The van der Waals surface area contributed by atoms with Crippen LogP contribution in [0.15, 0.2) is 0 Å². The molecule has 0 radical (unpaired) electrons. The molecule has 0 spiro atoms. The number of nitrogens with one attached hydrogen (secondary N) is 1. The molecule has 8 nitrogen and oxygen atoms in total. The standard InChI is InChI=1S/C9H18N2O6S/c1-3-11(4-2)18(16,17)10-7(9(14)15)5-6-8(12)13/h7,10H,3-6H2,1-2H3,(H,12,13)(H,14,15)/t7-/m0/s1. The predicted molar refractivity (Wildman–Crippen MR) is 63.3 cm³/mol. The Hall–Kier alpha value is -1.19. The molecule has 0 fully saturated rings. The third-order valence-corrected chi connectivity index (χ3v) is 4.06. The van der Waals surface area contributed by atoms with E-state index in [1.54, 1.807) is 13.8 Å². The zero-order valence-corrected chi connectivity index (χ0v) is 11.1. The minimum Gasteiger partial charge on any atom is -0.481 e. The van der Waals surface area contributed by atoms with Gasteiger partial charge in [-0.1, -0.05) is 13.8 Å². The van der Waals surface area contributed by atoms with Gasteiger partial charge < -0.3 is 10.2 Å². The van der Waals surface area contributed by atoms with Gasteiger partial charge in [0.15, 0.2) is 0 Å². The molecular formula is C9H18N2O6S. The van der Waals surface area contributed by atoms with E-state index < -0.39 is 34.6 Å². The van der Waals surface area contributed by atoms with Crippen molar-refractivity contribution in [3.05, 3.63) is 0 Å². The highest BCUT2D eigenvalue weighted by atomic mass is 32.2. The molecule has 0 unspecified atom stereocenters. The molecule has 9 heteroatoms. The van der Waals surface area contributed by atoms with Crippen molar-refractivity contribution in [2.75, 3.05) is 13.1 Å².